The monoisotopic (exact) mass is 312 g/mol. The molecule has 0 aromatic heterocycles. The first kappa shape index (κ1) is 15.0. The zero-order valence-electron chi connectivity index (χ0n) is 11.0. The molecule has 0 heterocycles. The molecule has 1 aromatic carbocycles. The number of nitrogens with one attached hydrogen (secondary N) is 1. The van der Waals surface area contributed by atoms with Crippen molar-refractivity contribution in [3.05, 3.63) is 28.2 Å². The van der Waals surface area contributed by atoms with Crippen molar-refractivity contribution in [2.24, 2.45) is 5.92 Å². The van der Waals surface area contributed by atoms with Gasteiger partial charge in [-0.15, -0.1) is 0 Å². The molecule has 1 N–H and O–H groups in total. The number of ether oxygens (including phenoxy) is 1. The van der Waals surface area contributed by atoms with E-state index >= 15 is 0 Å². The van der Waals surface area contributed by atoms with Gasteiger partial charge in [-0.25, -0.2) is 0 Å². The first-order valence-corrected chi connectivity index (χ1v) is 7.00. The Hall–Kier alpha value is -1.44. The number of hydrogen-bond acceptors (Lipinski definition) is 3. The van der Waals surface area contributed by atoms with Crippen molar-refractivity contribution in [2.75, 3.05) is 6.61 Å². The number of nitrogens with zero attached hydrogens (tertiary/aromatic N) is 1. The minimum absolute atomic E-state index is 0.165. The summed E-state index contributed by atoms with van der Waals surface area (Å²) in [6.45, 7) is 1.57. The van der Waals surface area contributed by atoms with E-state index in [4.69, 9.17) is 33.2 Å². The van der Waals surface area contributed by atoms with Crippen molar-refractivity contribution in [1.82, 2.24) is 5.32 Å². The van der Waals surface area contributed by atoms with Crippen LogP contribution in [0.15, 0.2) is 18.2 Å². The molecule has 106 valence electrons. The summed E-state index contributed by atoms with van der Waals surface area (Å²) in [5.41, 5.74) is -0.807. The smallest absolute Gasteiger partial charge is 0.259 e. The van der Waals surface area contributed by atoms with Gasteiger partial charge in [-0.1, -0.05) is 23.2 Å². The van der Waals surface area contributed by atoms with Crippen LogP contribution in [0.2, 0.25) is 10.0 Å². The summed E-state index contributed by atoms with van der Waals surface area (Å²) in [5.74, 6) is 0.369. The molecular formula is C14H14Cl2N2O2. The van der Waals surface area contributed by atoms with E-state index in [1.165, 1.54) is 0 Å². The van der Waals surface area contributed by atoms with Gasteiger partial charge in [-0.05, 0) is 37.8 Å². The summed E-state index contributed by atoms with van der Waals surface area (Å²) >= 11 is 11.6. The van der Waals surface area contributed by atoms with E-state index in [1.54, 1.807) is 25.1 Å². The van der Waals surface area contributed by atoms with Gasteiger partial charge >= 0.3 is 0 Å². The summed E-state index contributed by atoms with van der Waals surface area (Å²) in [6.07, 6.45) is 1.94. The number of amides is 1. The van der Waals surface area contributed by atoms with Crippen LogP contribution in [0.4, 0.5) is 0 Å². The maximum absolute atomic E-state index is 11.8. The second kappa shape index (κ2) is 5.90. The van der Waals surface area contributed by atoms with Crippen molar-refractivity contribution in [3.8, 4) is 11.8 Å². The van der Waals surface area contributed by atoms with E-state index in [2.05, 4.69) is 11.4 Å². The molecule has 1 aromatic rings. The molecule has 4 nitrogen and oxygen atoms in total. The van der Waals surface area contributed by atoms with Gasteiger partial charge in [0.25, 0.3) is 5.91 Å². The van der Waals surface area contributed by atoms with Gasteiger partial charge in [0.15, 0.2) is 6.61 Å². The van der Waals surface area contributed by atoms with Crippen LogP contribution in [-0.4, -0.2) is 18.1 Å². The molecule has 1 saturated carbocycles. The summed E-state index contributed by atoms with van der Waals surface area (Å²) in [7, 11) is 0. The molecule has 1 atom stereocenters. The Labute approximate surface area is 127 Å². The van der Waals surface area contributed by atoms with Crippen molar-refractivity contribution in [3.63, 3.8) is 0 Å². The van der Waals surface area contributed by atoms with E-state index in [-0.39, 0.29) is 18.4 Å². The summed E-state index contributed by atoms with van der Waals surface area (Å²) in [4.78, 5) is 11.8. The normalized spacial score (nSPS) is 16.9. The van der Waals surface area contributed by atoms with Crippen molar-refractivity contribution in [2.45, 2.75) is 25.3 Å². The summed E-state index contributed by atoms with van der Waals surface area (Å²) in [5, 5.41) is 12.7. The lowest BCUT2D eigenvalue weighted by molar-refractivity contribution is -0.124. The molecule has 1 aliphatic rings. The molecule has 0 spiro atoms. The van der Waals surface area contributed by atoms with Crippen molar-refractivity contribution < 1.29 is 9.53 Å². The van der Waals surface area contributed by atoms with Gasteiger partial charge in [0.1, 0.15) is 11.3 Å². The average molecular weight is 313 g/mol. The molecule has 2 rings (SSSR count). The van der Waals surface area contributed by atoms with Crippen LogP contribution in [0, 0.1) is 17.2 Å². The molecule has 1 fully saturated rings. The molecule has 0 saturated heterocycles. The van der Waals surface area contributed by atoms with E-state index in [1.807, 2.05) is 0 Å². The Kier molecular flexibility index (Phi) is 4.42. The van der Waals surface area contributed by atoms with Crippen LogP contribution in [0.1, 0.15) is 19.8 Å². The predicted octanol–water partition coefficient (Wildman–Crippen LogP) is 3.18. The molecular weight excluding hydrogens is 299 g/mol. The molecule has 0 aliphatic heterocycles. The number of halogens is 2. The number of carbonyl (C=O) groups is 1. The fraction of sp³-hybridized carbons (Fsp3) is 0.429. The molecule has 6 heteroatoms. The maximum Gasteiger partial charge on any atom is 0.259 e. The van der Waals surface area contributed by atoms with E-state index < -0.39 is 5.54 Å². The van der Waals surface area contributed by atoms with E-state index in [9.17, 15) is 4.79 Å². The highest BCUT2D eigenvalue weighted by Gasteiger charge is 2.43. The van der Waals surface area contributed by atoms with Crippen molar-refractivity contribution >= 4 is 29.1 Å². The number of hydrogen-bond donors (Lipinski definition) is 1. The second-order valence-electron chi connectivity index (χ2n) is 5.00. The zero-order valence-corrected chi connectivity index (χ0v) is 12.5. The molecule has 20 heavy (non-hydrogen) atoms. The fourth-order valence-corrected chi connectivity index (χ4v) is 2.21. The Morgan fingerprint density at radius 2 is 2.20 bits per heavy atom. The fourth-order valence-electron chi connectivity index (χ4n) is 1.92. The highest BCUT2D eigenvalue weighted by molar-refractivity contribution is 6.42. The minimum atomic E-state index is -0.807. The highest BCUT2D eigenvalue weighted by atomic mass is 35.5. The zero-order chi connectivity index (χ0) is 14.8. The van der Waals surface area contributed by atoms with Crippen LogP contribution < -0.4 is 10.1 Å². The summed E-state index contributed by atoms with van der Waals surface area (Å²) in [6, 6.07) is 6.93. The first-order valence-electron chi connectivity index (χ1n) is 6.25. The van der Waals surface area contributed by atoms with E-state index in [0.717, 1.165) is 12.8 Å². The van der Waals surface area contributed by atoms with Crippen LogP contribution in [0.5, 0.6) is 5.75 Å². The topological polar surface area (TPSA) is 62.1 Å². The van der Waals surface area contributed by atoms with E-state index in [0.29, 0.717) is 15.8 Å². The highest BCUT2D eigenvalue weighted by Crippen LogP contribution is 2.39. The quantitative estimate of drug-likeness (QED) is 0.908. The molecule has 1 amide bonds. The van der Waals surface area contributed by atoms with Crippen LogP contribution in [0.25, 0.3) is 0 Å². The van der Waals surface area contributed by atoms with Gasteiger partial charge in [0, 0.05) is 6.07 Å². The van der Waals surface area contributed by atoms with Gasteiger partial charge in [-0.3, -0.25) is 4.79 Å². The molecule has 0 bridgehead atoms. The van der Waals surface area contributed by atoms with Gasteiger partial charge < -0.3 is 10.1 Å². The number of benzene rings is 1. The maximum atomic E-state index is 11.8. The second-order valence-corrected chi connectivity index (χ2v) is 5.82. The van der Waals surface area contributed by atoms with Crippen molar-refractivity contribution in [1.29, 1.82) is 5.26 Å². The Morgan fingerprint density at radius 1 is 1.50 bits per heavy atom. The largest absolute Gasteiger partial charge is 0.484 e. The Bertz CT molecular complexity index is 567. The average Bonchev–Trinajstić information content (AvgIpc) is 3.25. The SMILES string of the molecule is C[C@](C#N)(NC(=O)COc1ccc(Cl)c(Cl)c1)C1CC1. The minimum Gasteiger partial charge on any atom is -0.484 e. The van der Waals surface area contributed by atoms with Crippen LogP contribution >= 0.6 is 23.2 Å². The number of nitriles is 1. The van der Waals surface area contributed by atoms with Crippen LogP contribution in [0.3, 0.4) is 0 Å². The predicted molar refractivity (Wildman–Crippen MR) is 76.8 cm³/mol. The lowest BCUT2D eigenvalue weighted by Gasteiger charge is -2.22. The third kappa shape index (κ3) is 3.56. The van der Waals surface area contributed by atoms with Gasteiger partial charge in [0.05, 0.1) is 16.1 Å². The van der Waals surface area contributed by atoms with Crippen LogP contribution in [-0.2, 0) is 4.79 Å². The lowest BCUT2D eigenvalue weighted by atomic mass is 9.98. The lowest BCUT2D eigenvalue weighted by Crippen LogP contribution is -2.48. The molecule has 1 aliphatic carbocycles. The standard InChI is InChI=1S/C14H14Cl2N2O2/c1-14(8-17,9-2-3-9)18-13(19)7-20-10-4-5-11(15)12(16)6-10/h4-6,9H,2-3,7H2,1H3,(H,18,19)/t14-/m1/s1. The van der Waals surface area contributed by atoms with Gasteiger partial charge in [0.2, 0.25) is 0 Å². The Morgan fingerprint density at radius 3 is 2.75 bits per heavy atom. The Balaban J connectivity index is 1.89. The third-order valence-corrected chi connectivity index (χ3v) is 4.03. The molecule has 0 radical (unpaired) electrons. The first-order chi connectivity index (χ1) is 9.44. The number of carbonyl (C=O) groups excluding carboxylic acids is 1. The number of rotatable bonds is 5. The molecule has 0 unspecified atom stereocenters. The third-order valence-electron chi connectivity index (χ3n) is 3.29. The van der Waals surface area contributed by atoms with Gasteiger partial charge in [-0.2, -0.15) is 5.26 Å². The summed E-state index contributed by atoms with van der Waals surface area (Å²) < 4.78 is 5.33.